The molecule has 14 heavy (non-hydrogen) atoms. The Balaban J connectivity index is 3.05. The van der Waals surface area contributed by atoms with Gasteiger partial charge >= 0.3 is 0 Å². The van der Waals surface area contributed by atoms with E-state index in [0.717, 1.165) is 24.1 Å². The quantitative estimate of drug-likeness (QED) is 0.786. The Morgan fingerprint density at radius 3 is 2.71 bits per heavy atom. The summed E-state index contributed by atoms with van der Waals surface area (Å²) in [5.74, 6) is 0.592. The first-order valence-electron chi connectivity index (χ1n) is 4.76. The number of hydrogen-bond acceptors (Lipinski definition) is 3. The number of aromatic nitrogens is 2. The van der Waals surface area contributed by atoms with Gasteiger partial charge in [0.05, 0.1) is 0 Å². The zero-order valence-corrected chi connectivity index (χ0v) is 8.89. The maximum atomic E-state index is 11.6. The summed E-state index contributed by atoms with van der Waals surface area (Å²) in [6, 6.07) is 0. The molecule has 0 atom stereocenters. The zero-order chi connectivity index (χ0) is 10.6. The van der Waals surface area contributed by atoms with E-state index in [0.29, 0.717) is 12.4 Å². The van der Waals surface area contributed by atoms with Crippen LogP contribution in [0.2, 0.25) is 0 Å². The lowest BCUT2D eigenvalue weighted by molar-refractivity contribution is 0.177. The average Bonchev–Trinajstić information content (AvgIpc) is 2.12. The molecule has 1 aromatic rings. The number of methoxy groups -OCH3 is 1. The lowest BCUT2D eigenvalue weighted by Gasteiger charge is -2.05. The molecule has 0 unspecified atom stereocenters. The molecule has 0 fully saturated rings. The minimum atomic E-state index is -0.0357. The van der Waals surface area contributed by atoms with E-state index >= 15 is 0 Å². The van der Waals surface area contributed by atoms with Crippen molar-refractivity contribution in [1.82, 2.24) is 9.97 Å². The van der Waals surface area contributed by atoms with Crippen LogP contribution in [0.15, 0.2) is 4.79 Å². The molecule has 4 nitrogen and oxygen atoms in total. The van der Waals surface area contributed by atoms with Crippen LogP contribution >= 0.6 is 0 Å². The van der Waals surface area contributed by atoms with Crippen LogP contribution < -0.4 is 5.56 Å². The number of nitrogens with zero attached hydrogens (tertiary/aromatic N) is 1. The van der Waals surface area contributed by atoms with Crippen molar-refractivity contribution in [3.63, 3.8) is 0 Å². The molecule has 1 aromatic heterocycles. The molecule has 1 rings (SSSR count). The van der Waals surface area contributed by atoms with Gasteiger partial charge in [-0.25, -0.2) is 4.98 Å². The number of hydrogen-bond donors (Lipinski definition) is 1. The normalized spacial score (nSPS) is 10.5. The van der Waals surface area contributed by atoms with Crippen LogP contribution in [-0.2, 0) is 17.8 Å². The van der Waals surface area contributed by atoms with Crippen LogP contribution in [0, 0.1) is 6.92 Å². The SMILES string of the molecule is CCCc1c(C)nc(COC)[nH]c1=O. The van der Waals surface area contributed by atoms with E-state index in [1.165, 1.54) is 0 Å². The number of nitrogens with one attached hydrogen (secondary N) is 1. The van der Waals surface area contributed by atoms with Crippen molar-refractivity contribution in [3.8, 4) is 0 Å². The minimum Gasteiger partial charge on any atom is -0.377 e. The summed E-state index contributed by atoms with van der Waals surface area (Å²) in [6.07, 6.45) is 1.73. The molecule has 0 amide bonds. The third-order valence-corrected chi connectivity index (χ3v) is 2.05. The van der Waals surface area contributed by atoms with Gasteiger partial charge in [-0.3, -0.25) is 4.79 Å². The lowest BCUT2D eigenvalue weighted by atomic mass is 10.1. The maximum Gasteiger partial charge on any atom is 0.254 e. The fourth-order valence-electron chi connectivity index (χ4n) is 1.42. The zero-order valence-electron chi connectivity index (χ0n) is 8.89. The lowest BCUT2D eigenvalue weighted by Crippen LogP contribution is -2.19. The molecule has 0 spiro atoms. The number of ether oxygens (including phenoxy) is 1. The molecule has 0 saturated carbocycles. The average molecular weight is 196 g/mol. The highest BCUT2D eigenvalue weighted by molar-refractivity contribution is 5.16. The van der Waals surface area contributed by atoms with Gasteiger partial charge in [0.15, 0.2) is 0 Å². The van der Waals surface area contributed by atoms with Crippen molar-refractivity contribution < 1.29 is 4.74 Å². The number of rotatable bonds is 4. The molecular formula is C10H16N2O2. The van der Waals surface area contributed by atoms with Crippen LogP contribution in [-0.4, -0.2) is 17.1 Å². The van der Waals surface area contributed by atoms with Crippen molar-refractivity contribution in [2.45, 2.75) is 33.3 Å². The van der Waals surface area contributed by atoms with E-state index < -0.39 is 0 Å². The Morgan fingerprint density at radius 1 is 1.50 bits per heavy atom. The van der Waals surface area contributed by atoms with E-state index in [1.807, 2.05) is 13.8 Å². The minimum absolute atomic E-state index is 0.0357. The highest BCUT2D eigenvalue weighted by atomic mass is 16.5. The summed E-state index contributed by atoms with van der Waals surface area (Å²) in [6.45, 7) is 4.25. The maximum absolute atomic E-state index is 11.6. The first-order valence-corrected chi connectivity index (χ1v) is 4.76. The van der Waals surface area contributed by atoms with Gasteiger partial charge in [0, 0.05) is 18.4 Å². The molecule has 0 radical (unpaired) electrons. The summed E-state index contributed by atoms with van der Waals surface area (Å²) < 4.78 is 4.91. The van der Waals surface area contributed by atoms with Crippen LogP contribution in [0.3, 0.4) is 0 Å². The smallest absolute Gasteiger partial charge is 0.254 e. The third kappa shape index (κ3) is 2.42. The van der Waals surface area contributed by atoms with Gasteiger partial charge in [0.25, 0.3) is 5.56 Å². The summed E-state index contributed by atoms with van der Waals surface area (Å²) in [4.78, 5) is 18.5. The Labute approximate surface area is 83.3 Å². The van der Waals surface area contributed by atoms with Gasteiger partial charge in [0.2, 0.25) is 0 Å². The van der Waals surface area contributed by atoms with Crippen molar-refractivity contribution in [1.29, 1.82) is 0 Å². The van der Waals surface area contributed by atoms with Crippen molar-refractivity contribution >= 4 is 0 Å². The van der Waals surface area contributed by atoms with Crippen LogP contribution in [0.4, 0.5) is 0 Å². The fourth-order valence-corrected chi connectivity index (χ4v) is 1.42. The third-order valence-electron chi connectivity index (χ3n) is 2.05. The van der Waals surface area contributed by atoms with Gasteiger partial charge in [-0.15, -0.1) is 0 Å². The summed E-state index contributed by atoms with van der Waals surface area (Å²) in [7, 11) is 1.58. The van der Waals surface area contributed by atoms with Crippen molar-refractivity contribution in [3.05, 3.63) is 27.4 Å². The molecule has 0 aliphatic heterocycles. The van der Waals surface area contributed by atoms with E-state index in [1.54, 1.807) is 7.11 Å². The fraction of sp³-hybridized carbons (Fsp3) is 0.600. The Bertz CT molecular complexity index is 358. The van der Waals surface area contributed by atoms with E-state index in [2.05, 4.69) is 9.97 Å². The van der Waals surface area contributed by atoms with E-state index in [-0.39, 0.29) is 5.56 Å². The number of H-pyrrole nitrogens is 1. The second-order valence-corrected chi connectivity index (χ2v) is 3.26. The van der Waals surface area contributed by atoms with Gasteiger partial charge in [-0.1, -0.05) is 13.3 Å². The molecule has 0 aliphatic rings. The highest BCUT2D eigenvalue weighted by Gasteiger charge is 2.06. The topological polar surface area (TPSA) is 55.0 Å². The monoisotopic (exact) mass is 196 g/mol. The molecule has 0 aliphatic carbocycles. The summed E-state index contributed by atoms with van der Waals surface area (Å²) in [5, 5.41) is 0. The number of aromatic amines is 1. The van der Waals surface area contributed by atoms with Gasteiger partial charge in [0.1, 0.15) is 12.4 Å². The summed E-state index contributed by atoms with van der Waals surface area (Å²) >= 11 is 0. The van der Waals surface area contributed by atoms with Crippen LogP contribution in [0.1, 0.15) is 30.4 Å². The van der Waals surface area contributed by atoms with Crippen LogP contribution in [0.25, 0.3) is 0 Å². The van der Waals surface area contributed by atoms with E-state index in [4.69, 9.17) is 4.74 Å². The van der Waals surface area contributed by atoms with Crippen molar-refractivity contribution in [2.24, 2.45) is 0 Å². The predicted octanol–water partition coefficient (Wildman–Crippen LogP) is 1.18. The molecular weight excluding hydrogens is 180 g/mol. The second kappa shape index (κ2) is 4.91. The van der Waals surface area contributed by atoms with Gasteiger partial charge in [-0.05, 0) is 13.3 Å². The Hall–Kier alpha value is -1.16. The molecule has 0 aromatic carbocycles. The van der Waals surface area contributed by atoms with Gasteiger partial charge < -0.3 is 9.72 Å². The molecule has 1 heterocycles. The molecule has 78 valence electrons. The first-order chi connectivity index (χ1) is 6.69. The molecule has 1 N–H and O–H groups in total. The second-order valence-electron chi connectivity index (χ2n) is 3.26. The molecule has 4 heteroatoms. The van der Waals surface area contributed by atoms with Gasteiger partial charge in [-0.2, -0.15) is 0 Å². The highest BCUT2D eigenvalue weighted by Crippen LogP contribution is 2.02. The number of aryl methyl sites for hydroxylation is 1. The Kier molecular flexibility index (Phi) is 3.83. The Morgan fingerprint density at radius 2 is 2.21 bits per heavy atom. The molecule has 0 bridgehead atoms. The largest absolute Gasteiger partial charge is 0.377 e. The predicted molar refractivity (Wildman–Crippen MR) is 54.3 cm³/mol. The molecule has 0 saturated heterocycles. The standard InChI is InChI=1S/C10H16N2O2/c1-4-5-8-7(2)11-9(6-14-3)12-10(8)13/h4-6H2,1-3H3,(H,11,12,13). The first kappa shape index (κ1) is 10.9. The van der Waals surface area contributed by atoms with Crippen molar-refractivity contribution in [2.75, 3.05) is 7.11 Å². The summed E-state index contributed by atoms with van der Waals surface area (Å²) in [5.41, 5.74) is 1.56. The van der Waals surface area contributed by atoms with E-state index in [9.17, 15) is 4.79 Å². The van der Waals surface area contributed by atoms with Crippen LogP contribution in [0.5, 0.6) is 0 Å².